The van der Waals surface area contributed by atoms with Crippen LogP contribution >= 0.6 is 0 Å². The standard InChI is InChI=1S/C12H17FO2/c1-9-5-4-6-11(12(9)13)15-10(2)7-8-14-3/h4-6,10H,7-8H2,1-3H3. The van der Waals surface area contributed by atoms with E-state index < -0.39 is 0 Å². The molecule has 0 heterocycles. The smallest absolute Gasteiger partial charge is 0.167 e. The molecule has 1 unspecified atom stereocenters. The number of rotatable bonds is 5. The van der Waals surface area contributed by atoms with E-state index in [1.54, 1.807) is 32.2 Å². The van der Waals surface area contributed by atoms with Crippen LogP contribution in [0.15, 0.2) is 18.2 Å². The van der Waals surface area contributed by atoms with Crippen molar-refractivity contribution in [1.29, 1.82) is 0 Å². The highest BCUT2D eigenvalue weighted by molar-refractivity contribution is 5.30. The summed E-state index contributed by atoms with van der Waals surface area (Å²) in [7, 11) is 1.64. The quantitative estimate of drug-likeness (QED) is 0.747. The largest absolute Gasteiger partial charge is 0.488 e. The van der Waals surface area contributed by atoms with Gasteiger partial charge in [-0.25, -0.2) is 4.39 Å². The molecule has 0 bridgehead atoms. The lowest BCUT2D eigenvalue weighted by molar-refractivity contribution is 0.132. The van der Waals surface area contributed by atoms with Gasteiger partial charge in [0.1, 0.15) is 0 Å². The molecule has 0 aliphatic carbocycles. The van der Waals surface area contributed by atoms with Gasteiger partial charge in [0.05, 0.1) is 6.10 Å². The fraction of sp³-hybridized carbons (Fsp3) is 0.500. The monoisotopic (exact) mass is 212 g/mol. The Morgan fingerprint density at radius 3 is 2.80 bits per heavy atom. The van der Waals surface area contributed by atoms with Crippen molar-refractivity contribution in [1.82, 2.24) is 0 Å². The first kappa shape index (κ1) is 12.0. The van der Waals surface area contributed by atoms with E-state index in [-0.39, 0.29) is 11.9 Å². The first-order valence-corrected chi connectivity index (χ1v) is 5.06. The molecule has 0 fully saturated rings. The minimum absolute atomic E-state index is 0.0405. The third-order valence-corrected chi connectivity index (χ3v) is 2.21. The predicted octanol–water partition coefficient (Wildman–Crippen LogP) is 2.94. The summed E-state index contributed by atoms with van der Waals surface area (Å²) in [5.41, 5.74) is 0.603. The Morgan fingerprint density at radius 1 is 1.40 bits per heavy atom. The molecule has 0 N–H and O–H groups in total. The van der Waals surface area contributed by atoms with Gasteiger partial charge in [0.15, 0.2) is 11.6 Å². The van der Waals surface area contributed by atoms with E-state index in [0.29, 0.717) is 17.9 Å². The topological polar surface area (TPSA) is 18.5 Å². The molecule has 0 amide bonds. The van der Waals surface area contributed by atoms with E-state index >= 15 is 0 Å². The second-order valence-electron chi connectivity index (χ2n) is 3.60. The normalized spacial score (nSPS) is 12.5. The number of benzene rings is 1. The molecular formula is C12H17FO2. The molecule has 15 heavy (non-hydrogen) atoms. The van der Waals surface area contributed by atoms with Crippen LogP contribution in [0.1, 0.15) is 18.9 Å². The maximum Gasteiger partial charge on any atom is 0.167 e. The van der Waals surface area contributed by atoms with Crippen molar-refractivity contribution in [2.45, 2.75) is 26.4 Å². The highest BCUT2D eigenvalue weighted by atomic mass is 19.1. The molecular weight excluding hydrogens is 195 g/mol. The Kier molecular flexibility index (Phi) is 4.56. The second kappa shape index (κ2) is 5.71. The Morgan fingerprint density at radius 2 is 2.13 bits per heavy atom. The van der Waals surface area contributed by atoms with Gasteiger partial charge in [-0.3, -0.25) is 0 Å². The summed E-state index contributed by atoms with van der Waals surface area (Å²) in [6, 6.07) is 5.16. The van der Waals surface area contributed by atoms with Gasteiger partial charge in [-0.05, 0) is 25.5 Å². The molecule has 0 aliphatic heterocycles. The number of aryl methyl sites for hydroxylation is 1. The summed E-state index contributed by atoms with van der Waals surface area (Å²) < 4.78 is 23.9. The van der Waals surface area contributed by atoms with E-state index in [2.05, 4.69) is 0 Å². The van der Waals surface area contributed by atoms with Crippen LogP contribution in [0.4, 0.5) is 4.39 Å². The SMILES string of the molecule is COCCC(C)Oc1cccc(C)c1F. The summed E-state index contributed by atoms with van der Waals surface area (Å²) in [6.07, 6.45) is 0.713. The molecule has 1 aromatic carbocycles. The fourth-order valence-corrected chi connectivity index (χ4v) is 1.27. The van der Waals surface area contributed by atoms with Gasteiger partial charge < -0.3 is 9.47 Å². The van der Waals surface area contributed by atoms with E-state index in [0.717, 1.165) is 6.42 Å². The highest BCUT2D eigenvalue weighted by Crippen LogP contribution is 2.21. The van der Waals surface area contributed by atoms with Crippen LogP contribution in [0, 0.1) is 12.7 Å². The van der Waals surface area contributed by atoms with Gasteiger partial charge in [0, 0.05) is 20.1 Å². The molecule has 84 valence electrons. The molecule has 0 aromatic heterocycles. The van der Waals surface area contributed by atoms with Crippen molar-refractivity contribution in [2.24, 2.45) is 0 Å². The zero-order chi connectivity index (χ0) is 11.3. The van der Waals surface area contributed by atoms with Gasteiger partial charge >= 0.3 is 0 Å². The molecule has 0 aliphatic rings. The molecule has 1 aromatic rings. The first-order chi connectivity index (χ1) is 7.15. The molecule has 0 radical (unpaired) electrons. The van der Waals surface area contributed by atoms with Crippen molar-refractivity contribution in [3.63, 3.8) is 0 Å². The molecule has 1 atom stereocenters. The number of hydrogen-bond donors (Lipinski definition) is 0. The summed E-state index contributed by atoms with van der Waals surface area (Å²) in [5, 5.41) is 0. The van der Waals surface area contributed by atoms with E-state index in [4.69, 9.17) is 9.47 Å². The van der Waals surface area contributed by atoms with Crippen molar-refractivity contribution >= 4 is 0 Å². The summed E-state index contributed by atoms with van der Waals surface area (Å²) in [5.74, 6) is 0.0420. The average Bonchev–Trinajstić information content (AvgIpc) is 2.22. The van der Waals surface area contributed by atoms with Crippen LogP contribution in [0.3, 0.4) is 0 Å². The predicted molar refractivity (Wildman–Crippen MR) is 57.7 cm³/mol. The van der Waals surface area contributed by atoms with Gasteiger partial charge in [-0.2, -0.15) is 0 Å². The van der Waals surface area contributed by atoms with Crippen molar-refractivity contribution < 1.29 is 13.9 Å². The fourth-order valence-electron chi connectivity index (χ4n) is 1.27. The van der Waals surface area contributed by atoms with E-state index in [1.165, 1.54) is 0 Å². The molecule has 2 nitrogen and oxygen atoms in total. The minimum atomic E-state index is -0.276. The lowest BCUT2D eigenvalue weighted by atomic mass is 10.2. The van der Waals surface area contributed by atoms with Crippen LogP contribution in [-0.4, -0.2) is 19.8 Å². The zero-order valence-corrected chi connectivity index (χ0v) is 9.42. The van der Waals surface area contributed by atoms with Crippen LogP contribution in [0.2, 0.25) is 0 Å². The number of ether oxygens (including phenoxy) is 2. The van der Waals surface area contributed by atoms with Crippen LogP contribution < -0.4 is 4.74 Å². The summed E-state index contributed by atoms with van der Waals surface area (Å²) in [4.78, 5) is 0. The Labute approximate surface area is 90.0 Å². The number of halogens is 1. The van der Waals surface area contributed by atoms with Crippen LogP contribution in [-0.2, 0) is 4.74 Å². The molecule has 0 spiro atoms. The Hall–Kier alpha value is -1.09. The first-order valence-electron chi connectivity index (χ1n) is 5.06. The summed E-state index contributed by atoms with van der Waals surface area (Å²) >= 11 is 0. The maximum absolute atomic E-state index is 13.5. The lowest BCUT2D eigenvalue weighted by Crippen LogP contribution is -2.15. The van der Waals surface area contributed by atoms with Gasteiger partial charge in [-0.1, -0.05) is 12.1 Å². The maximum atomic E-state index is 13.5. The van der Waals surface area contributed by atoms with Crippen molar-refractivity contribution in [3.05, 3.63) is 29.6 Å². The van der Waals surface area contributed by atoms with Crippen molar-refractivity contribution in [2.75, 3.05) is 13.7 Å². The molecule has 0 saturated heterocycles. The lowest BCUT2D eigenvalue weighted by Gasteiger charge is -2.15. The van der Waals surface area contributed by atoms with Gasteiger partial charge in [0.25, 0.3) is 0 Å². The number of methoxy groups -OCH3 is 1. The van der Waals surface area contributed by atoms with Crippen LogP contribution in [0.25, 0.3) is 0 Å². The van der Waals surface area contributed by atoms with Crippen molar-refractivity contribution in [3.8, 4) is 5.75 Å². The van der Waals surface area contributed by atoms with Gasteiger partial charge in [0.2, 0.25) is 0 Å². The third-order valence-electron chi connectivity index (χ3n) is 2.21. The second-order valence-corrected chi connectivity index (χ2v) is 3.60. The highest BCUT2D eigenvalue weighted by Gasteiger charge is 2.09. The third kappa shape index (κ3) is 3.51. The minimum Gasteiger partial charge on any atom is -0.488 e. The Balaban J connectivity index is 2.60. The zero-order valence-electron chi connectivity index (χ0n) is 9.42. The van der Waals surface area contributed by atoms with Crippen LogP contribution in [0.5, 0.6) is 5.75 Å². The van der Waals surface area contributed by atoms with Gasteiger partial charge in [-0.15, -0.1) is 0 Å². The molecule has 1 rings (SSSR count). The average molecular weight is 212 g/mol. The summed E-state index contributed by atoms with van der Waals surface area (Å²) in [6.45, 7) is 4.25. The van der Waals surface area contributed by atoms with E-state index in [9.17, 15) is 4.39 Å². The Bertz CT molecular complexity index is 312. The number of hydrogen-bond acceptors (Lipinski definition) is 2. The molecule has 0 saturated carbocycles. The van der Waals surface area contributed by atoms with E-state index in [1.807, 2.05) is 6.92 Å². The molecule has 3 heteroatoms.